The molecule has 22 heteroatoms. The van der Waals surface area contributed by atoms with Gasteiger partial charge in [0.15, 0.2) is 5.75 Å². The Bertz CT molecular complexity index is 1460. The molecule has 4 nitrogen and oxygen atoms in total. The average Bonchev–Trinajstić information content (AvgIpc) is 2.81. The van der Waals surface area contributed by atoms with Crippen LogP contribution in [0.1, 0.15) is 0 Å². The van der Waals surface area contributed by atoms with Crippen LogP contribution in [-0.4, -0.2) is 54.7 Å². The Labute approximate surface area is 214 Å². The highest BCUT2D eigenvalue weighted by atomic mass is 32.2. The van der Waals surface area contributed by atoms with Crippen LogP contribution in [-0.2, 0) is 10.1 Å². The quantitative estimate of drug-likeness (QED) is 0.170. The average molecular weight is 654 g/mol. The van der Waals surface area contributed by atoms with Gasteiger partial charge in [-0.1, -0.05) is 30.3 Å². The van der Waals surface area contributed by atoms with Crippen molar-refractivity contribution in [2.75, 3.05) is 0 Å². The minimum absolute atomic E-state index is 0.160. The molecule has 2 rings (SSSR count). The molecule has 0 spiro atoms. The van der Waals surface area contributed by atoms with E-state index in [0.717, 1.165) is 24.3 Å². The molecule has 0 fully saturated rings. The minimum Gasteiger partial charge on any atom is -0.428 e. The van der Waals surface area contributed by atoms with Crippen molar-refractivity contribution in [1.82, 2.24) is 0 Å². The van der Waals surface area contributed by atoms with E-state index in [0.29, 0.717) is 0 Å². The normalized spacial score (nSPS) is 15.7. The van der Waals surface area contributed by atoms with E-state index in [4.69, 9.17) is 0 Å². The molecule has 0 aromatic heterocycles. The number of allylic oxidation sites excluding steroid dienone is 1. The van der Waals surface area contributed by atoms with Gasteiger partial charge in [0, 0.05) is 5.39 Å². The first-order valence-electron chi connectivity index (χ1n) is 9.58. The molecule has 0 aliphatic rings. The second-order valence-electron chi connectivity index (χ2n) is 7.72. The number of halogens is 17. The number of alkyl halides is 15. The molecule has 232 valence electrons. The van der Waals surface area contributed by atoms with Crippen LogP contribution >= 0.6 is 0 Å². The van der Waals surface area contributed by atoms with Crippen molar-refractivity contribution in [3.8, 4) is 5.75 Å². The van der Waals surface area contributed by atoms with Gasteiger partial charge in [0.25, 0.3) is 10.1 Å². The number of hydrogen-bond acceptors (Lipinski definition) is 3. The Morgan fingerprint density at radius 2 is 1.07 bits per heavy atom. The van der Waals surface area contributed by atoms with Gasteiger partial charge >= 0.3 is 47.7 Å². The van der Waals surface area contributed by atoms with E-state index < -0.39 is 79.7 Å². The standard InChI is InChI=1S/C19H7F17O4S/c20-11(12(21)40-9-6-5-7-3-1-2-4-8(7)10(9)41(37,38)39)13(22,23)14(24,25)15(26,27)16(28,29)17(30,31)18(32,33)19(34,35)36/h1-6H,(H,37,38,39). The predicted molar refractivity (Wildman–Crippen MR) is 99.4 cm³/mol. The minimum atomic E-state index is -8.75. The highest BCUT2D eigenvalue weighted by molar-refractivity contribution is 7.86. The Balaban J connectivity index is 2.69. The predicted octanol–water partition coefficient (Wildman–Crippen LogP) is 7.95. The Morgan fingerprint density at radius 1 is 0.634 bits per heavy atom. The lowest BCUT2D eigenvalue weighted by molar-refractivity contribution is -0.451. The van der Waals surface area contributed by atoms with Gasteiger partial charge in [-0.3, -0.25) is 4.55 Å². The van der Waals surface area contributed by atoms with Crippen LogP contribution in [0, 0.1) is 0 Å². The maximum Gasteiger partial charge on any atom is 0.460 e. The molecular formula is C19H7F17O4S. The lowest BCUT2D eigenvalue weighted by Crippen LogP contribution is -2.72. The van der Waals surface area contributed by atoms with E-state index in [1.54, 1.807) is 0 Å². The summed E-state index contributed by atoms with van der Waals surface area (Å²) < 4.78 is 263. The van der Waals surface area contributed by atoms with Crippen molar-refractivity contribution < 1.29 is 92.3 Å². The molecule has 0 unspecified atom stereocenters. The van der Waals surface area contributed by atoms with Gasteiger partial charge in [0.1, 0.15) is 4.90 Å². The summed E-state index contributed by atoms with van der Waals surface area (Å²) in [5.41, 5.74) is 0. The van der Waals surface area contributed by atoms with Gasteiger partial charge in [-0.2, -0.15) is 83.1 Å². The zero-order chi connectivity index (χ0) is 32.4. The molecule has 0 bridgehead atoms. The van der Waals surface area contributed by atoms with Gasteiger partial charge in [-0.05, 0) is 11.5 Å². The summed E-state index contributed by atoms with van der Waals surface area (Å²) in [5.74, 6) is -57.0. The van der Waals surface area contributed by atoms with E-state index >= 15 is 0 Å². The molecule has 0 saturated carbocycles. The first-order valence-corrected chi connectivity index (χ1v) is 11.0. The molecule has 0 aliphatic carbocycles. The third kappa shape index (κ3) is 5.01. The zero-order valence-electron chi connectivity index (χ0n) is 18.5. The largest absolute Gasteiger partial charge is 0.460 e. The molecule has 0 atom stereocenters. The van der Waals surface area contributed by atoms with Crippen LogP contribution in [0.3, 0.4) is 0 Å². The summed E-state index contributed by atoms with van der Waals surface area (Å²) in [6, 6.07) is 1.26. The molecular weight excluding hydrogens is 647 g/mol. The monoisotopic (exact) mass is 654 g/mol. The van der Waals surface area contributed by atoms with Gasteiger partial charge in [-0.25, -0.2) is 0 Å². The van der Waals surface area contributed by atoms with Crippen LogP contribution in [0.25, 0.3) is 10.8 Å². The van der Waals surface area contributed by atoms with Crippen molar-refractivity contribution in [2.45, 2.75) is 46.6 Å². The third-order valence-electron chi connectivity index (χ3n) is 5.08. The van der Waals surface area contributed by atoms with Gasteiger partial charge in [-0.15, -0.1) is 0 Å². The van der Waals surface area contributed by atoms with Crippen LogP contribution in [0.4, 0.5) is 74.6 Å². The smallest absolute Gasteiger partial charge is 0.428 e. The highest BCUT2D eigenvalue weighted by Gasteiger charge is 2.93. The maximum absolute atomic E-state index is 14.1. The van der Waals surface area contributed by atoms with E-state index in [-0.39, 0.29) is 11.5 Å². The van der Waals surface area contributed by atoms with Crippen LogP contribution in [0.15, 0.2) is 53.1 Å². The van der Waals surface area contributed by atoms with Crippen LogP contribution in [0.2, 0.25) is 0 Å². The SMILES string of the molecule is O=S(=O)(O)c1c(OC(F)=C(F)C(F)(F)C(F)(F)C(F)(F)C(F)(F)C(F)(F)C(F)(F)C(F)(F)F)ccc2ccccc12. The highest BCUT2D eigenvalue weighted by Crippen LogP contribution is 2.63. The molecule has 0 heterocycles. The molecule has 0 aliphatic heterocycles. The fourth-order valence-electron chi connectivity index (χ4n) is 2.94. The molecule has 1 N–H and O–H groups in total. The van der Waals surface area contributed by atoms with E-state index in [1.165, 1.54) is 6.07 Å². The molecule has 2 aromatic rings. The van der Waals surface area contributed by atoms with Gasteiger partial charge < -0.3 is 4.74 Å². The third-order valence-corrected chi connectivity index (χ3v) is 6.01. The number of hydrogen-bond donors (Lipinski definition) is 1. The van der Waals surface area contributed by atoms with Crippen molar-refractivity contribution >= 4 is 20.9 Å². The summed E-state index contributed by atoms with van der Waals surface area (Å²) in [7, 11) is -5.62. The van der Waals surface area contributed by atoms with Crippen LogP contribution < -0.4 is 4.74 Å². The first-order chi connectivity index (χ1) is 18.0. The number of ether oxygens (including phenoxy) is 1. The summed E-state index contributed by atoms with van der Waals surface area (Å²) in [6.45, 7) is 0. The second-order valence-corrected chi connectivity index (χ2v) is 9.08. The lowest BCUT2D eigenvalue weighted by Gasteiger charge is -2.41. The summed E-state index contributed by atoms with van der Waals surface area (Å²) in [6.07, 6.45) is -7.86. The Morgan fingerprint density at radius 3 is 1.54 bits per heavy atom. The van der Waals surface area contributed by atoms with Crippen molar-refractivity contribution in [3.63, 3.8) is 0 Å². The lowest BCUT2D eigenvalue weighted by atomic mass is 9.91. The van der Waals surface area contributed by atoms with Crippen molar-refractivity contribution in [3.05, 3.63) is 48.2 Å². The summed E-state index contributed by atoms with van der Waals surface area (Å²) in [4.78, 5) is -1.60. The fraction of sp³-hybridized carbons (Fsp3) is 0.368. The topological polar surface area (TPSA) is 63.6 Å². The molecule has 41 heavy (non-hydrogen) atoms. The zero-order valence-corrected chi connectivity index (χ0v) is 19.3. The van der Waals surface area contributed by atoms with Crippen molar-refractivity contribution in [1.29, 1.82) is 0 Å². The number of fused-ring (bicyclic) bond motifs is 1. The van der Waals surface area contributed by atoms with Crippen molar-refractivity contribution in [2.24, 2.45) is 0 Å². The second kappa shape index (κ2) is 9.76. The van der Waals surface area contributed by atoms with Gasteiger partial charge in [0.05, 0.1) is 0 Å². The molecule has 0 amide bonds. The Hall–Kier alpha value is -3.04. The van der Waals surface area contributed by atoms with E-state index in [1.807, 2.05) is 0 Å². The van der Waals surface area contributed by atoms with E-state index in [2.05, 4.69) is 4.74 Å². The Kier molecular flexibility index (Phi) is 8.14. The fourth-order valence-corrected chi connectivity index (χ4v) is 3.77. The maximum atomic E-state index is 14.1. The van der Waals surface area contributed by atoms with E-state index in [9.17, 15) is 87.6 Å². The molecule has 0 radical (unpaired) electrons. The first kappa shape index (κ1) is 34.2. The molecule has 0 saturated heterocycles. The summed E-state index contributed by atoms with van der Waals surface area (Å²) >= 11 is 0. The number of rotatable bonds is 9. The number of benzene rings is 2. The summed E-state index contributed by atoms with van der Waals surface area (Å²) in [5, 5.41) is -0.815. The van der Waals surface area contributed by atoms with Crippen LogP contribution in [0.5, 0.6) is 5.75 Å². The van der Waals surface area contributed by atoms with Gasteiger partial charge in [0.2, 0.25) is 5.83 Å². The molecule has 2 aromatic carbocycles.